The molecule has 2 heterocycles. The van der Waals surface area contributed by atoms with Gasteiger partial charge in [-0.15, -0.1) is 0 Å². The maximum absolute atomic E-state index is 4.29. The Morgan fingerprint density at radius 1 is 1.36 bits per heavy atom. The Morgan fingerprint density at radius 2 is 2.14 bits per heavy atom. The Balaban J connectivity index is 2.67. The number of rotatable bonds is 2. The zero-order valence-electron chi connectivity index (χ0n) is 8.99. The SMILES string of the molecule is CCC(C)(C)c1cccc2nccn12. The van der Waals surface area contributed by atoms with Crippen LogP contribution in [0.2, 0.25) is 0 Å². The highest BCUT2D eigenvalue weighted by molar-refractivity contribution is 5.41. The Morgan fingerprint density at radius 3 is 2.86 bits per heavy atom. The van der Waals surface area contributed by atoms with Gasteiger partial charge < -0.3 is 4.40 Å². The maximum Gasteiger partial charge on any atom is 0.136 e. The van der Waals surface area contributed by atoms with Gasteiger partial charge in [0.2, 0.25) is 0 Å². The van der Waals surface area contributed by atoms with Crippen molar-refractivity contribution in [3.05, 3.63) is 36.3 Å². The summed E-state index contributed by atoms with van der Waals surface area (Å²) < 4.78 is 2.17. The lowest BCUT2D eigenvalue weighted by atomic mass is 9.86. The van der Waals surface area contributed by atoms with E-state index in [0.717, 1.165) is 12.1 Å². The summed E-state index contributed by atoms with van der Waals surface area (Å²) in [5.74, 6) is 0. The molecule has 74 valence electrons. The fourth-order valence-corrected chi connectivity index (χ4v) is 1.68. The molecule has 0 aliphatic carbocycles. The van der Waals surface area contributed by atoms with Gasteiger partial charge in [0, 0.05) is 23.5 Å². The van der Waals surface area contributed by atoms with Crippen LogP contribution in [0.4, 0.5) is 0 Å². The number of hydrogen-bond donors (Lipinski definition) is 0. The normalized spacial score (nSPS) is 12.2. The van der Waals surface area contributed by atoms with Gasteiger partial charge in [0.1, 0.15) is 5.65 Å². The Kier molecular flexibility index (Phi) is 2.06. The first-order valence-electron chi connectivity index (χ1n) is 5.08. The monoisotopic (exact) mass is 188 g/mol. The molecule has 0 saturated carbocycles. The molecule has 0 saturated heterocycles. The van der Waals surface area contributed by atoms with E-state index in [-0.39, 0.29) is 5.41 Å². The number of hydrogen-bond acceptors (Lipinski definition) is 1. The van der Waals surface area contributed by atoms with Crippen LogP contribution < -0.4 is 0 Å². The molecule has 0 unspecified atom stereocenters. The van der Waals surface area contributed by atoms with Crippen molar-refractivity contribution in [3.8, 4) is 0 Å². The molecule has 2 aromatic rings. The number of pyridine rings is 1. The molecule has 2 heteroatoms. The fraction of sp³-hybridized carbons (Fsp3) is 0.417. The largest absolute Gasteiger partial charge is 0.304 e. The summed E-state index contributed by atoms with van der Waals surface area (Å²) in [6.07, 6.45) is 5.01. The van der Waals surface area contributed by atoms with Crippen molar-refractivity contribution in [2.45, 2.75) is 32.6 Å². The molecule has 0 aromatic carbocycles. The van der Waals surface area contributed by atoms with Crippen molar-refractivity contribution in [2.75, 3.05) is 0 Å². The van der Waals surface area contributed by atoms with E-state index < -0.39 is 0 Å². The molecular weight excluding hydrogens is 172 g/mol. The minimum Gasteiger partial charge on any atom is -0.304 e. The van der Waals surface area contributed by atoms with Crippen molar-refractivity contribution in [1.82, 2.24) is 9.38 Å². The first-order chi connectivity index (χ1) is 6.65. The molecule has 0 fully saturated rings. The standard InChI is InChI=1S/C12H16N2/c1-4-12(2,3)10-6-5-7-11-13-8-9-14(10)11/h5-9H,4H2,1-3H3. The summed E-state index contributed by atoms with van der Waals surface area (Å²) in [6.45, 7) is 6.75. The number of imidazole rings is 1. The van der Waals surface area contributed by atoms with Gasteiger partial charge >= 0.3 is 0 Å². The van der Waals surface area contributed by atoms with Gasteiger partial charge in [0.05, 0.1) is 0 Å². The highest BCUT2D eigenvalue weighted by atomic mass is 15.0. The molecule has 0 aliphatic heterocycles. The second kappa shape index (κ2) is 3.12. The zero-order valence-corrected chi connectivity index (χ0v) is 8.99. The maximum atomic E-state index is 4.29. The van der Waals surface area contributed by atoms with Crippen molar-refractivity contribution in [1.29, 1.82) is 0 Å². The van der Waals surface area contributed by atoms with Crippen molar-refractivity contribution < 1.29 is 0 Å². The van der Waals surface area contributed by atoms with Crippen molar-refractivity contribution >= 4 is 5.65 Å². The Bertz CT molecular complexity index is 440. The number of fused-ring (bicyclic) bond motifs is 1. The van der Waals surface area contributed by atoms with Gasteiger partial charge in [-0.05, 0) is 18.6 Å². The molecule has 2 aromatic heterocycles. The summed E-state index contributed by atoms with van der Waals surface area (Å²) in [6, 6.07) is 6.29. The van der Waals surface area contributed by atoms with E-state index in [9.17, 15) is 0 Å². The quantitative estimate of drug-likeness (QED) is 0.708. The second-order valence-corrected chi connectivity index (χ2v) is 4.30. The van der Waals surface area contributed by atoms with E-state index in [1.165, 1.54) is 5.69 Å². The third-order valence-electron chi connectivity index (χ3n) is 3.01. The molecule has 2 rings (SSSR count). The summed E-state index contributed by atoms with van der Waals surface area (Å²) in [5.41, 5.74) is 2.57. The Hall–Kier alpha value is -1.31. The van der Waals surface area contributed by atoms with Crippen LogP contribution >= 0.6 is 0 Å². The molecule has 0 bridgehead atoms. The average Bonchev–Trinajstić information content (AvgIpc) is 2.64. The lowest BCUT2D eigenvalue weighted by Crippen LogP contribution is -2.19. The minimum atomic E-state index is 0.209. The third-order valence-corrected chi connectivity index (χ3v) is 3.01. The predicted octanol–water partition coefficient (Wildman–Crippen LogP) is 3.02. The molecule has 2 nitrogen and oxygen atoms in total. The number of aromatic nitrogens is 2. The molecule has 0 amide bonds. The van der Waals surface area contributed by atoms with Crippen LogP contribution in [0, 0.1) is 0 Å². The molecule has 0 atom stereocenters. The van der Waals surface area contributed by atoms with E-state index in [1.807, 2.05) is 18.5 Å². The van der Waals surface area contributed by atoms with Crippen LogP contribution in [0.15, 0.2) is 30.6 Å². The lowest BCUT2D eigenvalue weighted by Gasteiger charge is -2.24. The van der Waals surface area contributed by atoms with Gasteiger partial charge in [-0.2, -0.15) is 0 Å². The zero-order chi connectivity index (χ0) is 10.2. The predicted molar refractivity (Wildman–Crippen MR) is 58.5 cm³/mol. The van der Waals surface area contributed by atoms with E-state index in [4.69, 9.17) is 0 Å². The van der Waals surface area contributed by atoms with Crippen LogP contribution in [-0.4, -0.2) is 9.38 Å². The fourth-order valence-electron chi connectivity index (χ4n) is 1.68. The topological polar surface area (TPSA) is 17.3 Å². The van der Waals surface area contributed by atoms with Crippen LogP contribution in [0.3, 0.4) is 0 Å². The summed E-state index contributed by atoms with van der Waals surface area (Å²) >= 11 is 0. The van der Waals surface area contributed by atoms with E-state index >= 15 is 0 Å². The summed E-state index contributed by atoms with van der Waals surface area (Å²) in [7, 11) is 0. The lowest BCUT2D eigenvalue weighted by molar-refractivity contribution is 0.485. The molecule has 0 spiro atoms. The summed E-state index contributed by atoms with van der Waals surface area (Å²) in [4.78, 5) is 4.29. The smallest absolute Gasteiger partial charge is 0.136 e. The van der Waals surface area contributed by atoms with Crippen molar-refractivity contribution in [2.24, 2.45) is 0 Å². The number of nitrogens with zero attached hydrogens (tertiary/aromatic N) is 2. The molecule has 0 radical (unpaired) electrons. The van der Waals surface area contributed by atoms with Crippen LogP contribution in [0.1, 0.15) is 32.9 Å². The minimum absolute atomic E-state index is 0.209. The summed E-state index contributed by atoms with van der Waals surface area (Å²) in [5, 5.41) is 0. The Labute approximate surface area is 84.6 Å². The first kappa shape index (κ1) is 9.25. The second-order valence-electron chi connectivity index (χ2n) is 4.30. The molecule has 14 heavy (non-hydrogen) atoms. The van der Waals surface area contributed by atoms with Crippen LogP contribution in [0.25, 0.3) is 5.65 Å². The first-order valence-corrected chi connectivity index (χ1v) is 5.08. The highest BCUT2D eigenvalue weighted by Crippen LogP contribution is 2.26. The van der Waals surface area contributed by atoms with Gasteiger partial charge in [-0.25, -0.2) is 4.98 Å². The highest BCUT2D eigenvalue weighted by Gasteiger charge is 2.20. The van der Waals surface area contributed by atoms with E-state index in [2.05, 4.69) is 42.3 Å². The van der Waals surface area contributed by atoms with Gasteiger partial charge in [0.25, 0.3) is 0 Å². The van der Waals surface area contributed by atoms with Crippen LogP contribution in [-0.2, 0) is 5.41 Å². The van der Waals surface area contributed by atoms with Gasteiger partial charge in [0.15, 0.2) is 0 Å². The van der Waals surface area contributed by atoms with Gasteiger partial charge in [-0.3, -0.25) is 0 Å². The van der Waals surface area contributed by atoms with E-state index in [1.54, 1.807) is 0 Å². The van der Waals surface area contributed by atoms with Gasteiger partial charge in [-0.1, -0.05) is 26.8 Å². The molecule has 0 N–H and O–H groups in total. The molecule has 0 aliphatic rings. The van der Waals surface area contributed by atoms with Crippen LogP contribution in [0.5, 0.6) is 0 Å². The average molecular weight is 188 g/mol. The molecular formula is C12H16N2. The third kappa shape index (κ3) is 1.31. The van der Waals surface area contributed by atoms with Crippen molar-refractivity contribution in [3.63, 3.8) is 0 Å². The van der Waals surface area contributed by atoms with E-state index in [0.29, 0.717) is 0 Å².